The van der Waals surface area contributed by atoms with Crippen LogP contribution >= 0.6 is 0 Å². The quantitative estimate of drug-likeness (QED) is 0.825. The summed E-state index contributed by atoms with van der Waals surface area (Å²) in [6.45, 7) is 0. The molecule has 1 aromatic carbocycles. The largest absolute Gasteiger partial charge is 0.397 e. The number of aromatic nitrogens is 2. The molecule has 2 unspecified atom stereocenters. The van der Waals surface area contributed by atoms with E-state index in [4.69, 9.17) is 10.4 Å². The molecule has 2 saturated heterocycles. The molecule has 21 heavy (non-hydrogen) atoms. The number of hydrogen-bond donors (Lipinski definition) is 2. The molecule has 3 N–H and O–H groups in total. The van der Waals surface area contributed by atoms with Gasteiger partial charge < -0.3 is 16.0 Å². The van der Waals surface area contributed by atoms with Crippen LogP contribution in [0.4, 0.5) is 11.4 Å². The molecule has 2 fully saturated rings. The van der Waals surface area contributed by atoms with E-state index in [0.717, 1.165) is 11.2 Å². The molecule has 4 rings (SSSR count). The minimum atomic E-state index is 0.486. The van der Waals surface area contributed by atoms with Crippen LogP contribution in [0, 0.1) is 0 Å². The SMILES string of the molecule is CN1C2CCCC1CC(Nc1ccc(N)c3nonc13)C2. The van der Waals surface area contributed by atoms with Crippen molar-refractivity contribution >= 4 is 22.4 Å². The number of piperidine rings is 2. The molecule has 6 nitrogen and oxygen atoms in total. The smallest absolute Gasteiger partial charge is 0.160 e. The number of fused-ring (bicyclic) bond motifs is 3. The lowest BCUT2D eigenvalue weighted by atomic mass is 9.82. The van der Waals surface area contributed by atoms with Crippen molar-refractivity contribution in [1.29, 1.82) is 0 Å². The van der Waals surface area contributed by atoms with Crippen molar-refractivity contribution in [2.45, 2.75) is 50.2 Å². The number of nitrogens with two attached hydrogens (primary N) is 1. The number of nitrogen functional groups attached to an aromatic ring is 1. The van der Waals surface area contributed by atoms with Gasteiger partial charge in [-0.1, -0.05) is 6.42 Å². The first-order valence-corrected chi connectivity index (χ1v) is 7.71. The molecular formula is C15H21N5O. The molecule has 2 aliphatic heterocycles. The van der Waals surface area contributed by atoms with E-state index in [0.29, 0.717) is 29.3 Å². The average molecular weight is 287 g/mol. The van der Waals surface area contributed by atoms with E-state index in [9.17, 15) is 0 Å². The van der Waals surface area contributed by atoms with Crippen LogP contribution in [0.2, 0.25) is 0 Å². The van der Waals surface area contributed by atoms with Gasteiger partial charge in [0.2, 0.25) is 0 Å². The van der Waals surface area contributed by atoms with E-state index in [1.165, 1.54) is 32.1 Å². The van der Waals surface area contributed by atoms with Crippen molar-refractivity contribution in [3.63, 3.8) is 0 Å². The third-order valence-corrected chi connectivity index (χ3v) is 5.15. The Kier molecular flexibility index (Phi) is 2.99. The molecule has 2 aliphatic rings. The minimum absolute atomic E-state index is 0.486. The topological polar surface area (TPSA) is 80.2 Å². The second-order valence-electron chi connectivity index (χ2n) is 6.38. The molecule has 2 aromatic rings. The Morgan fingerprint density at radius 3 is 2.67 bits per heavy atom. The Hall–Kier alpha value is -1.82. The van der Waals surface area contributed by atoms with E-state index in [1.807, 2.05) is 12.1 Å². The van der Waals surface area contributed by atoms with Crippen molar-refractivity contribution in [2.24, 2.45) is 0 Å². The number of hydrogen-bond acceptors (Lipinski definition) is 6. The summed E-state index contributed by atoms with van der Waals surface area (Å²) in [5, 5.41) is 11.5. The van der Waals surface area contributed by atoms with Gasteiger partial charge in [-0.2, -0.15) is 0 Å². The van der Waals surface area contributed by atoms with Crippen LogP contribution in [0.5, 0.6) is 0 Å². The van der Waals surface area contributed by atoms with Gasteiger partial charge in [0, 0.05) is 18.1 Å². The fourth-order valence-corrected chi connectivity index (χ4v) is 3.96. The molecule has 112 valence electrons. The van der Waals surface area contributed by atoms with E-state index in [1.54, 1.807) is 0 Å². The highest BCUT2D eigenvalue weighted by atomic mass is 16.6. The normalized spacial score (nSPS) is 29.7. The lowest BCUT2D eigenvalue weighted by molar-refractivity contribution is 0.0609. The molecule has 0 radical (unpaired) electrons. The predicted octanol–water partition coefficient (Wildman–Crippen LogP) is 2.23. The average Bonchev–Trinajstić information content (AvgIpc) is 2.93. The summed E-state index contributed by atoms with van der Waals surface area (Å²) < 4.78 is 4.84. The Labute approximate surface area is 123 Å². The minimum Gasteiger partial charge on any atom is -0.397 e. The van der Waals surface area contributed by atoms with Gasteiger partial charge in [-0.15, -0.1) is 0 Å². The third kappa shape index (κ3) is 2.14. The van der Waals surface area contributed by atoms with Crippen LogP contribution in [0.25, 0.3) is 11.0 Å². The third-order valence-electron chi connectivity index (χ3n) is 5.15. The molecule has 6 heteroatoms. The molecule has 3 heterocycles. The summed E-state index contributed by atoms with van der Waals surface area (Å²) in [6.07, 6.45) is 6.36. The van der Waals surface area contributed by atoms with Crippen molar-refractivity contribution in [1.82, 2.24) is 15.2 Å². The van der Waals surface area contributed by atoms with Gasteiger partial charge in [0.1, 0.15) is 0 Å². The van der Waals surface area contributed by atoms with Crippen LogP contribution in [0.1, 0.15) is 32.1 Å². The maximum atomic E-state index is 5.90. The zero-order valence-corrected chi connectivity index (χ0v) is 12.2. The Bertz CT molecular complexity index is 641. The van der Waals surface area contributed by atoms with E-state index < -0.39 is 0 Å². The van der Waals surface area contributed by atoms with Gasteiger partial charge in [-0.05, 0) is 55.2 Å². The van der Waals surface area contributed by atoms with Crippen molar-refractivity contribution < 1.29 is 4.63 Å². The zero-order valence-electron chi connectivity index (χ0n) is 12.2. The van der Waals surface area contributed by atoms with Crippen molar-refractivity contribution in [3.05, 3.63) is 12.1 Å². The van der Waals surface area contributed by atoms with Crippen LogP contribution in [0.3, 0.4) is 0 Å². The van der Waals surface area contributed by atoms with Crippen LogP contribution in [0.15, 0.2) is 16.8 Å². The zero-order chi connectivity index (χ0) is 14.4. The number of rotatable bonds is 2. The van der Waals surface area contributed by atoms with Gasteiger partial charge >= 0.3 is 0 Å². The molecule has 0 amide bonds. The Balaban J connectivity index is 1.58. The molecule has 2 atom stereocenters. The van der Waals surface area contributed by atoms with Gasteiger partial charge in [-0.3, -0.25) is 0 Å². The van der Waals surface area contributed by atoms with Crippen molar-refractivity contribution in [3.8, 4) is 0 Å². The molecule has 0 saturated carbocycles. The second kappa shape index (κ2) is 4.87. The summed E-state index contributed by atoms with van der Waals surface area (Å²) in [5.74, 6) is 0. The van der Waals surface area contributed by atoms with Gasteiger partial charge in [-0.25, -0.2) is 4.63 Å². The van der Waals surface area contributed by atoms with E-state index in [2.05, 4.69) is 27.6 Å². The highest BCUT2D eigenvalue weighted by molar-refractivity contribution is 5.95. The van der Waals surface area contributed by atoms with Gasteiger partial charge in [0.05, 0.1) is 11.4 Å². The van der Waals surface area contributed by atoms with Crippen LogP contribution in [-0.4, -0.2) is 40.4 Å². The summed E-state index contributed by atoms with van der Waals surface area (Å²) in [6, 6.07) is 5.74. The maximum absolute atomic E-state index is 5.90. The summed E-state index contributed by atoms with van der Waals surface area (Å²) in [7, 11) is 2.27. The number of benzene rings is 1. The lowest BCUT2D eigenvalue weighted by Crippen LogP contribution is -2.52. The Morgan fingerprint density at radius 1 is 1.19 bits per heavy atom. The van der Waals surface area contributed by atoms with E-state index >= 15 is 0 Å². The first-order chi connectivity index (χ1) is 10.2. The molecule has 1 aromatic heterocycles. The highest BCUT2D eigenvalue weighted by Crippen LogP contribution is 2.35. The molecule has 0 aliphatic carbocycles. The summed E-state index contributed by atoms with van der Waals surface area (Å²) in [4.78, 5) is 2.57. The van der Waals surface area contributed by atoms with Gasteiger partial charge in [0.25, 0.3) is 0 Å². The summed E-state index contributed by atoms with van der Waals surface area (Å²) in [5.41, 5.74) is 8.87. The maximum Gasteiger partial charge on any atom is 0.160 e. The number of nitrogens with one attached hydrogen (secondary N) is 1. The standard InChI is InChI=1S/C15H21N5O/c1-20-10-3-2-4-11(20)8-9(7-10)17-13-6-5-12(16)14-15(13)19-21-18-14/h5-6,9-11,17H,2-4,7-8,16H2,1H3. The fourth-order valence-electron chi connectivity index (χ4n) is 3.96. The fraction of sp³-hybridized carbons (Fsp3) is 0.600. The highest BCUT2D eigenvalue weighted by Gasteiger charge is 2.36. The number of anilines is 2. The molecule has 2 bridgehead atoms. The number of nitrogens with zero attached hydrogens (tertiary/aromatic N) is 3. The van der Waals surface area contributed by atoms with Crippen molar-refractivity contribution in [2.75, 3.05) is 18.1 Å². The predicted molar refractivity (Wildman–Crippen MR) is 82.1 cm³/mol. The monoisotopic (exact) mass is 287 g/mol. The lowest BCUT2D eigenvalue weighted by Gasteiger charge is -2.47. The summed E-state index contributed by atoms with van der Waals surface area (Å²) >= 11 is 0. The van der Waals surface area contributed by atoms with Crippen LogP contribution < -0.4 is 11.1 Å². The molecular weight excluding hydrogens is 266 g/mol. The van der Waals surface area contributed by atoms with Crippen LogP contribution in [-0.2, 0) is 0 Å². The van der Waals surface area contributed by atoms with E-state index in [-0.39, 0.29) is 0 Å². The first kappa shape index (κ1) is 12.9. The Morgan fingerprint density at radius 2 is 1.90 bits per heavy atom. The first-order valence-electron chi connectivity index (χ1n) is 7.71. The van der Waals surface area contributed by atoms with Gasteiger partial charge in [0.15, 0.2) is 11.0 Å². The second-order valence-corrected chi connectivity index (χ2v) is 6.38. The molecule has 0 spiro atoms.